The molecule has 1 aliphatic rings. The van der Waals surface area contributed by atoms with Gasteiger partial charge in [-0.2, -0.15) is 0 Å². The molecule has 0 radical (unpaired) electrons. The fraction of sp³-hybridized carbons (Fsp3) is 0.133. The molecule has 0 aromatic heterocycles. The van der Waals surface area contributed by atoms with Crippen molar-refractivity contribution in [1.29, 1.82) is 0 Å². The van der Waals surface area contributed by atoms with Crippen LogP contribution < -0.4 is 5.32 Å². The molecule has 1 amide bonds. The number of hydrogen-bond donors (Lipinski definition) is 1. The fourth-order valence-corrected chi connectivity index (χ4v) is 4.12. The van der Waals surface area contributed by atoms with Crippen molar-refractivity contribution in [1.82, 2.24) is 0 Å². The number of alkyl halides is 1. The van der Waals surface area contributed by atoms with Crippen LogP contribution in [0.1, 0.15) is 21.5 Å². The SMILES string of the molecule is O=C1Cc2cc(C(Br)c3cc(Br)ccc3Br)ccc2N1. The average molecular weight is 460 g/mol. The number of halogens is 3. The van der Waals surface area contributed by atoms with E-state index in [1.165, 1.54) is 0 Å². The van der Waals surface area contributed by atoms with Crippen molar-refractivity contribution >= 4 is 59.4 Å². The quantitative estimate of drug-likeness (QED) is 0.615. The van der Waals surface area contributed by atoms with Gasteiger partial charge in [-0.1, -0.05) is 59.9 Å². The summed E-state index contributed by atoms with van der Waals surface area (Å²) in [5.41, 5.74) is 4.27. The van der Waals surface area contributed by atoms with E-state index in [0.717, 1.165) is 31.3 Å². The minimum Gasteiger partial charge on any atom is -0.326 e. The summed E-state index contributed by atoms with van der Waals surface area (Å²) in [5, 5.41) is 2.85. The third kappa shape index (κ3) is 2.71. The number of nitrogens with one attached hydrogen (secondary N) is 1. The van der Waals surface area contributed by atoms with Gasteiger partial charge in [-0.3, -0.25) is 4.79 Å². The molecule has 1 heterocycles. The molecule has 20 heavy (non-hydrogen) atoms. The fourth-order valence-electron chi connectivity index (χ4n) is 2.30. The maximum atomic E-state index is 11.4. The van der Waals surface area contributed by atoms with Gasteiger partial charge < -0.3 is 5.32 Å². The predicted molar refractivity (Wildman–Crippen MR) is 91.4 cm³/mol. The van der Waals surface area contributed by atoms with Crippen LogP contribution in [-0.2, 0) is 11.2 Å². The molecule has 0 fully saturated rings. The Hall–Kier alpha value is -0.650. The van der Waals surface area contributed by atoms with Gasteiger partial charge in [0.15, 0.2) is 0 Å². The first-order valence-corrected chi connectivity index (χ1v) is 8.56. The van der Waals surface area contributed by atoms with Crippen LogP contribution in [0.25, 0.3) is 0 Å². The molecule has 102 valence electrons. The molecule has 2 aromatic carbocycles. The molecular weight excluding hydrogens is 450 g/mol. The van der Waals surface area contributed by atoms with Crippen LogP contribution in [0.5, 0.6) is 0 Å². The van der Waals surface area contributed by atoms with Crippen LogP contribution >= 0.6 is 47.8 Å². The lowest BCUT2D eigenvalue weighted by Gasteiger charge is -2.14. The molecule has 1 unspecified atom stereocenters. The first-order valence-electron chi connectivity index (χ1n) is 6.06. The Balaban J connectivity index is 1.99. The van der Waals surface area contributed by atoms with Crippen molar-refractivity contribution in [2.75, 3.05) is 5.32 Å². The van der Waals surface area contributed by atoms with E-state index >= 15 is 0 Å². The van der Waals surface area contributed by atoms with Gasteiger partial charge in [-0.25, -0.2) is 0 Å². The predicted octanol–water partition coefficient (Wildman–Crippen LogP) is 5.19. The lowest BCUT2D eigenvalue weighted by Crippen LogP contribution is -2.03. The number of hydrogen-bond acceptors (Lipinski definition) is 1. The molecule has 0 spiro atoms. The second-order valence-corrected chi connectivity index (χ2v) is 7.36. The minimum atomic E-state index is 0.0620. The number of anilines is 1. The van der Waals surface area contributed by atoms with E-state index in [9.17, 15) is 4.79 Å². The Morgan fingerprint density at radius 2 is 1.90 bits per heavy atom. The number of rotatable bonds is 2. The maximum absolute atomic E-state index is 11.4. The standard InChI is InChI=1S/C15H10Br3NO/c16-10-2-3-12(17)11(7-10)15(18)8-1-4-13-9(5-8)6-14(20)19-13/h1-5,7,15H,6H2,(H,19,20). The molecule has 2 aromatic rings. The summed E-state index contributed by atoms with van der Waals surface area (Å²) >= 11 is 10.8. The van der Waals surface area contributed by atoms with Crippen LogP contribution in [0.4, 0.5) is 5.69 Å². The Labute approximate surface area is 142 Å². The molecule has 1 atom stereocenters. The normalized spacial score (nSPS) is 14.8. The summed E-state index contributed by atoms with van der Waals surface area (Å²) in [6.45, 7) is 0. The van der Waals surface area contributed by atoms with Crippen molar-refractivity contribution in [3.8, 4) is 0 Å². The molecule has 3 rings (SSSR count). The summed E-state index contributed by atoms with van der Waals surface area (Å²) in [6, 6.07) is 12.2. The zero-order chi connectivity index (χ0) is 14.3. The summed E-state index contributed by atoms with van der Waals surface area (Å²) in [5.74, 6) is 0.0620. The number of carbonyl (C=O) groups excluding carboxylic acids is 1. The Morgan fingerprint density at radius 1 is 1.10 bits per heavy atom. The largest absolute Gasteiger partial charge is 0.326 e. The van der Waals surface area contributed by atoms with Gasteiger partial charge in [0.25, 0.3) is 0 Å². The van der Waals surface area contributed by atoms with Crippen molar-refractivity contribution < 1.29 is 4.79 Å². The van der Waals surface area contributed by atoms with Crippen molar-refractivity contribution in [2.24, 2.45) is 0 Å². The third-order valence-electron chi connectivity index (χ3n) is 3.28. The van der Waals surface area contributed by atoms with E-state index in [1.807, 2.05) is 24.3 Å². The van der Waals surface area contributed by atoms with Gasteiger partial charge in [-0.05, 0) is 41.0 Å². The number of amides is 1. The van der Waals surface area contributed by atoms with E-state index in [-0.39, 0.29) is 10.7 Å². The Kier molecular flexibility index (Phi) is 4.02. The minimum absolute atomic E-state index is 0.0620. The summed E-state index contributed by atoms with van der Waals surface area (Å²) in [6.07, 6.45) is 0.461. The smallest absolute Gasteiger partial charge is 0.228 e. The lowest BCUT2D eigenvalue weighted by molar-refractivity contribution is -0.115. The van der Waals surface area contributed by atoms with Crippen LogP contribution in [0.15, 0.2) is 45.3 Å². The topological polar surface area (TPSA) is 29.1 Å². The van der Waals surface area contributed by atoms with E-state index in [4.69, 9.17) is 0 Å². The molecule has 0 aliphatic carbocycles. The summed E-state index contributed by atoms with van der Waals surface area (Å²) < 4.78 is 2.09. The molecule has 5 heteroatoms. The van der Waals surface area contributed by atoms with Gasteiger partial charge in [0, 0.05) is 14.6 Å². The number of benzene rings is 2. The van der Waals surface area contributed by atoms with Gasteiger partial charge in [0.1, 0.15) is 0 Å². The van der Waals surface area contributed by atoms with Gasteiger partial charge in [0.2, 0.25) is 5.91 Å². The van der Waals surface area contributed by atoms with Crippen LogP contribution in [0.2, 0.25) is 0 Å². The molecule has 1 aliphatic heterocycles. The molecule has 0 bridgehead atoms. The zero-order valence-electron chi connectivity index (χ0n) is 10.3. The molecule has 2 nitrogen and oxygen atoms in total. The summed E-state index contributed by atoms with van der Waals surface area (Å²) in [7, 11) is 0. The molecular formula is C15H10Br3NO. The molecule has 1 N–H and O–H groups in total. The first-order chi connectivity index (χ1) is 9.54. The van der Waals surface area contributed by atoms with Crippen LogP contribution in [0.3, 0.4) is 0 Å². The summed E-state index contributed by atoms with van der Waals surface area (Å²) in [4.78, 5) is 11.5. The number of fused-ring (bicyclic) bond motifs is 1. The van der Waals surface area contributed by atoms with Crippen molar-refractivity contribution in [3.05, 3.63) is 62.0 Å². The highest BCUT2D eigenvalue weighted by Gasteiger charge is 2.20. The third-order valence-corrected chi connectivity index (χ3v) is 5.52. The van der Waals surface area contributed by atoms with E-state index in [2.05, 4.69) is 65.2 Å². The highest BCUT2D eigenvalue weighted by molar-refractivity contribution is 9.11. The average Bonchev–Trinajstić information content (AvgIpc) is 2.79. The molecule has 0 saturated heterocycles. The number of carbonyl (C=O) groups is 1. The van der Waals surface area contributed by atoms with E-state index in [1.54, 1.807) is 0 Å². The lowest BCUT2D eigenvalue weighted by atomic mass is 10.0. The first kappa shape index (κ1) is 14.3. The Morgan fingerprint density at radius 3 is 2.70 bits per heavy atom. The second-order valence-electron chi connectivity index (χ2n) is 4.67. The van der Waals surface area contributed by atoms with E-state index in [0.29, 0.717) is 6.42 Å². The van der Waals surface area contributed by atoms with E-state index < -0.39 is 0 Å². The monoisotopic (exact) mass is 457 g/mol. The van der Waals surface area contributed by atoms with Gasteiger partial charge >= 0.3 is 0 Å². The van der Waals surface area contributed by atoms with Gasteiger partial charge in [-0.15, -0.1) is 0 Å². The Bertz CT molecular complexity index is 700. The van der Waals surface area contributed by atoms with Crippen molar-refractivity contribution in [3.63, 3.8) is 0 Å². The van der Waals surface area contributed by atoms with Crippen LogP contribution in [-0.4, -0.2) is 5.91 Å². The van der Waals surface area contributed by atoms with Gasteiger partial charge in [0.05, 0.1) is 11.2 Å². The molecule has 0 saturated carbocycles. The highest BCUT2D eigenvalue weighted by Crippen LogP contribution is 2.38. The van der Waals surface area contributed by atoms with Crippen molar-refractivity contribution in [2.45, 2.75) is 11.2 Å². The zero-order valence-corrected chi connectivity index (χ0v) is 15.0. The maximum Gasteiger partial charge on any atom is 0.228 e. The second kappa shape index (κ2) is 5.62. The highest BCUT2D eigenvalue weighted by atomic mass is 79.9. The van der Waals surface area contributed by atoms with Crippen LogP contribution in [0, 0.1) is 0 Å².